The normalized spacial score (nSPS) is 14.5. The predicted octanol–water partition coefficient (Wildman–Crippen LogP) is 4.00. The van der Waals surface area contributed by atoms with E-state index in [-0.39, 0.29) is 18.2 Å². The summed E-state index contributed by atoms with van der Waals surface area (Å²) in [6, 6.07) is 7.58. The molecule has 0 aromatic heterocycles. The van der Waals surface area contributed by atoms with Crippen molar-refractivity contribution in [2.24, 2.45) is 23.5 Å². The van der Waals surface area contributed by atoms with Crippen LogP contribution in [-0.4, -0.2) is 44.1 Å². The fraction of sp³-hybridized carbons (Fsp3) is 0.652. The Morgan fingerprint density at radius 3 is 2.45 bits per heavy atom. The van der Waals surface area contributed by atoms with E-state index in [1.807, 2.05) is 12.1 Å². The average molecular weight is 406 g/mol. The fourth-order valence-corrected chi connectivity index (χ4v) is 3.97. The van der Waals surface area contributed by atoms with Gasteiger partial charge in [0.25, 0.3) is 0 Å². The van der Waals surface area contributed by atoms with Crippen molar-refractivity contribution >= 4 is 12.0 Å². The summed E-state index contributed by atoms with van der Waals surface area (Å²) in [6.45, 7) is 9.98. The summed E-state index contributed by atoms with van der Waals surface area (Å²) >= 11 is 0. The topological polar surface area (TPSA) is 84.7 Å². The van der Waals surface area contributed by atoms with E-state index in [9.17, 15) is 9.59 Å². The van der Waals surface area contributed by atoms with E-state index in [1.165, 1.54) is 0 Å². The molecule has 2 amide bonds. The van der Waals surface area contributed by atoms with E-state index in [0.717, 1.165) is 24.9 Å². The van der Waals surface area contributed by atoms with E-state index in [1.54, 1.807) is 6.07 Å². The molecule has 3 atom stereocenters. The molecule has 0 spiro atoms. The molecule has 0 fully saturated rings. The first-order valence-electron chi connectivity index (χ1n) is 10.6. The van der Waals surface area contributed by atoms with Crippen molar-refractivity contribution < 1.29 is 14.3 Å². The zero-order chi connectivity index (χ0) is 22.0. The van der Waals surface area contributed by atoms with Crippen LogP contribution in [0.15, 0.2) is 24.3 Å². The van der Waals surface area contributed by atoms with Gasteiger partial charge in [-0.2, -0.15) is 0 Å². The molecule has 29 heavy (non-hydrogen) atoms. The second-order valence-electron chi connectivity index (χ2n) is 8.70. The van der Waals surface area contributed by atoms with Gasteiger partial charge in [-0.05, 0) is 74.8 Å². The smallest absolute Gasteiger partial charge is 0.410 e. The maximum absolute atomic E-state index is 12.2. The zero-order valence-electron chi connectivity index (χ0n) is 18.9. The highest BCUT2D eigenvalue weighted by Gasteiger charge is 2.20. The van der Waals surface area contributed by atoms with Gasteiger partial charge in [0.2, 0.25) is 5.91 Å². The summed E-state index contributed by atoms with van der Waals surface area (Å²) in [5, 5.41) is 2.32. The van der Waals surface area contributed by atoms with Crippen LogP contribution in [0.3, 0.4) is 0 Å². The molecule has 0 bridgehead atoms. The van der Waals surface area contributed by atoms with Crippen LogP contribution in [0.1, 0.15) is 58.4 Å². The Labute approximate surface area is 176 Å². The third-order valence-corrected chi connectivity index (χ3v) is 5.13. The largest absolute Gasteiger partial charge is 0.419 e. The van der Waals surface area contributed by atoms with Crippen molar-refractivity contribution in [3.63, 3.8) is 0 Å². The van der Waals surface area contributed by atoms with Gasteiger partial charge in [0.15, 0.2) is 0 Å². The lowest BCUT2D eigenvalue weighted by atomic mass is 9.85. The third-order valence-electron chi connectivity index (χ3n) is 5.13. The number of nitrogens with two attached hydrogens (primary N) is 1. The van der Waals surface area contributed by atoms with Crippen molar-refractivity contribution in [1.29, 1.82) is 0 Å². The molecule has 1 aromatic carbocycles. The van der Waals surface area contributed by atoms with Crippen LogP contribution in [0, 0.1) is 17.8 Å². The molecular formula is C23H39N3O3. The highest BCUT2D eigenvalue weighted by Crippen LogP contribution is 2.30. The quantitative estimate of drug-likeness (QED) is 0.581. The molecule has 3 N–H and O–H groups in total. The molecule has 0 aliphatic heterocycles. The van der Waals surface area contributed by atoms with Gasteiger partial charge in [-0.25, -0.2) is 4.79 Å². The van der Waals surface area contributed by atoms with Crippen LogP contribution in [0.25, 0.3) is 0 Å². The van der Waals surface area contributed by atoms with Gasteiger partial charge in [-0.3, -0.25) is 10.1 Å². The van der Waals surface area contributed by atoms with Crippen molar-refractivity contribution in [1.82, 2.24) is 10.2 Å². The molecule has 0 heterocycles. The molecular weight excluding hydrogens is 366 g/mol. The van der Waals surface area contributed by atoms with Gasteiger partial charge in [0, 0.05) is 13.0 Å². The number of imide groups is 1. The first kappa shape index (κ1) is 25.1. The maximum Gasteiger partial charge on any atom is 0.419 e. The second-order valence-corrected chi connectivity index (χ2v) is 8.70. The summed E-state index contributed by atoms with van der Waals surface area (Å²) in [6.07, 6.45) is 1.33. The molecule has 164 valence electrons. The van der Waals surface area contributed by atoms with Gasteiger partial charge < -0.3 is 15.4 Å². The molecule has 0 aliphatic carbocycles. The van der Waals surface area contributed by atoms with Crippen LogP contribution >= 0.6 is 0 Å². The lowest BCUT2D eigenvalue weighted by Crippen LogP contribution is -2.35. The zero-order valence-corrected chi connectivity index (χ0v) is 18.9. The van der Waals surface area contributed by atoms with Gasteiger partial charge >= 0.3 is 6.09 Å². The Morgan fingerprint density at radius 1 is 1.21 bits per heavy atom. The van der Waals surface area contributed by atoms with Gasteiger partial charge in [0.1, 0.15) is 5.75 Å². The van der Waals surface area contributed by atoms with Crippen molar-refractivity contribution in [3.8, 4) is 5.75 Å². The van der Waals surface area contributed by atoms with Crippen LogP contribution in [0.5, 0.6) is 5.75 Å². The monoisotopic (exact) mass is 405 g/mol. The number of ether oxygens (including phenoxy) is 1. The van der Waals surface area contributed by atoms with E-state index in [2.05, 4.69) is 58.1 Å². The molecule has 6 nitrogen and oxygen atoms in total. The van der Waals surface area contributed by atoms with Crippen LogP contribution in [0.4, 0.5) is 4.79 Å². The molecule has 0 radical (unpaired) electrons. The van der Waals surface area contributed by atoms with Crippen LogP contribution in [-0.2, 0) is 4.79 Å². The molecule has 6 heteroatoms. The average Bonchev–Trinajstić information content (AvgIpc) is 2.60. The summed E-state index contributed by atoms with van der Waals surface area (Å²) in [5.41, 5.74) is 6.87. The van der Waals surface area contributed by atoms with Gasteiger partial charge in [-0.15, -0.1) is 0 Å². The number of hydrogen-bond acceptors (Lipinski definition) is 5. The number of benzene rings is 1. The maximum atomic E-state index is 12.2. The molecule has 1 aromatic rings. The number of nitrogens with zero attached hydrogens (tertiary/aromatic N) is 1. The van der Waals surface area contributed by atoms with E-state index in [4.69, 9.17) is 10.5 Å². The minimum Gasteiger partial charge on any atom is -0.410 e. The number of rotatable bonds is 11. The van der Waals surface area contributed by atoms with E-state index >= 15 is 0 Å². The minimum absolute atomic E-state index is 0.0645. The number of nitrogens with one attached hydrogen (secondary N) is 1. The standard InChI is InChI=1S/C23H39N3O3/c1-7-21(17(4)15-26(5)6)19-9-8-10-20(13-19)29-23(28)25-22(27)12-18(14-24)11-16(2)3/h8-10,13,16-18,21H,7,11-12,14-15,24H2,1-6H3,(H,25,27,28). The second kappa shape index (κ2) is 12.6. The van der Waals surface area contributed by atoms with Crippen molar-refractivity contribution in [3.05, 3.63) is 29.8 Å². The Bertz CT molecular complexity index is 646. The lowest BCUT2D eigenvalue weighted by Gasteiger charge is -2.26. The Balaban J connectivity index is 2.70. The highest BCUT2D eigenvalue weighted by atomic mass is 16.6. The van der Waals surface area contributed by atoms with Gasteiger partial charge in [-0.1, -0.05) is 39.8 Å². The number of amides is 2. The molecule has 3 unspecified atom stereocenters. The minimum atomic E-state index is -0.748. The molecule has 0 saturated heterocycles. The molecule has 0 saturated carbocycles. The number of carbonyl (C=O) groups is 2. The van der Waals surface area contributed by atoms with Crippen molar-refractivity contribution in [2.45, 2.75) is 52.9 Å². The number of carbonyl (C=O) groups excluding carboxylic acids is 2. The van der Waals surface area contributed by atoms with E-state index < -0.39 is 6.09 Å². The lowest BCUT2D eigenvalue weighted by molar-refractivity contribution is -0.121. The summed E-state index contributed by atoms with van der Waals surface area (Å²) < 4.78 is 5.36. The summed E-state index contributed by atoms with van der Waals surface area (Å²) in [5.74, 6) is 1.44. The third kappa shape index (κ3) is 9.41. The molecule has 1 rings (SSSR count). The first-order chi connectivity index (χ1) is 13.7. The Kier molecular flexibility index (Phi) is 10.9. The van der Waals surface area contributed by atoms with E-state index in [0.29, 0.717) is 30.0 Å². The van der Waals surface area contributed by atoms with Crippen LogP contribution < -0.4 is 15.8 Å². The molecule has 0 aliphatic rings. The van der Waals surface area contributed by atoms with Crippen molar-refractivity contribution in [2.75, 3.05) is 27.2 Å². The van der Waals surface area contributed by atoms with Gasteiger partial charge in [0.05, 0.1) is 0 Å². The Hall–Kier alpha value is -1.92. The summed E-state index contributed by atoms with van der Waals surface area (Å²) in [4.78, 5) is 26.5. The number of hydrogen-bond donors (Lipinski definition) is 2. The predicted molar refractivity (Wildman–Crippen MR) is 118 cm³/mol. The SMILES string of the molecule is CCC(c1cccc(OC(=O)NC(=O)CC(CN)CC(C)C)c1)C(C)CN(C)C. The fourth-order valence-electron chi connectivity index (χ4n) is 3.97. The highest BCUT2D eigenvalue weighted by molar-refractivity contribution is 5.92. The Morgan fingerprint density at radius 2 is 1.90 bits per heavy atom. The first-order valence-corrected chi connectivity index (χ1v) is 10.6. The summed E-state index contributed by atoms with van der Waals surface area (Å²) in [7, 11) is 4.14. The van der Waals surface area contributed by atoms with Crippen LogP contribution in [0.2, 0.25) is 0 Å².